The van der Waals surface area contributed by atoms with Gasteiger partial charge in [0.1, 0.15) is 0 Å². The first-order chi connectivity index (χ1) is 12.0. The molecule has 25 heavy (non-hydrogen) atoms. The van der Waals surface area contributed by atoms with Gasteiger partial charge < -0.3 is 15.3 Å². The molecule has 1 atom stereocenters. The lowest BCUT2D eigenvalue weighted by Crippen LogP contribution is -2.32. The van der Waals surface area contributed by atoms with Crippen molar-refractivity contribution in [1.82, 2.24) is 5.32 Å². The van der Waals surface area contributed by atoms with E-state index >= 15 is 0 Å². The van der Waals surface area contributed by atoms with E-state index in [2.05, 4.69) is 5.32 Å². The van der Waals surface area contributed by atoms with Gasteiger partial charge in [-0.05, 0) is 42.7 Å². The Balaban J connectivity index is 1.67. The Kier molecular flexibility index (Phi) is 4.86. The number of nitrogens with one attached hydrogen (secondary N) is 1. The second-order valence-corrected chi connectivity index (χ2v) is 6.44. The number of aryl methyl sites for hydroxylation is 2. The molecule has 0 bridgehead atoms. The Morgan fingerprint density at radius 2 is 2.04 bits per heavy atom. The summed E-state index contributed by atoms with van der Waals surface area (Å²) in [5.41, 5.74) is 4.24. The van der Waals surface area contributed by atoms with Gasteiger partial charge in [0, 0.05) is 31.3 Å². The van der Waals surface area contributed by atoms with E-state index in [1.165, 1.54) is 0 Å². The highest BCUT2D eigenvalue weighted by atomic mass is 16.3. The van der Waals surface area contributed by atoms with Crippen molar-refractivity contribution in [1.29, 1.82) is 0 Å². The Bertz CT molecular complexity index is 816. The molecule has 2 N–H and O–H groups in total. The number of carbonyl (C=O) groups excluding carboxylic acids is 2. The summed E-state index contributed by atoms with van der Waals surface area (Å²) in [5.74, 6) is -0.139. The zero-order chi connectivity index (χ0) is 18.0. The van der Waals surface area contributed by atoms with Gasteiger partial charge in [-0.2, -0.15) is 0 Å². The average molecular weight is 338 g/mol. The fraction of sp³-hybridized carbons (Fsp3) is 0.300. The lowest BCUT2D eigenvalue weighted by atomic mass is 9.99. The number of rotatable bonds is 4. The number of amides is 2. The van der Waals surface area contributed by atoms with E-state index < -0.39 is 6.10 Å². The summed E-state index contributed by atoms with van der Waals surface area (Å²) in [6, 6.07) is 12.9. The number of fused-ring (bicyclic) bond motifs is 1. The molecule has 1 aliphatic heterocycles. The Morgan fingerprint density at radius 1 is 1.24 bits per heavy atom. The standard InChI is InChI=1S/C20H22N2O3/c1-13-4-3-5-15(10-13)18(23)12-21-20(25)16-6-8-17-14(11-16)7-9-19(24)22(17)2/h3-6,8,10-11,18,23H,7,9,12H2,1-2H3,(H,21,25). The number of aliphatic hydroxyl groups is 1. The Labute approximate surface area is 147 Å². The number of hydrogen-bond donors (Lipinski definition) is 2. The molecule has 1 heterocycles. The third kappa shape index (κ3) is 3.72. The number of anilines is 1. The van der Waals surface area contributed by atoms with Crippen molar-refractivity contribution in [3.8, 4) is 0 Å². The topological polar surface area (TPSA) is 69.6 Å². The quantitative estimate of drug-likeness (QED) is 0.899. The number of benzene rings is 2. The van der Waals surface area contributed by atoms with Crippen LogP contribution in [-0.4, -0.2) is 30.5 Å². The maximum absolute atomic E-state index is 12.4. The summed E-state index contributed by atoms with van der Waals surface area (Å²) in [4.78, 5) is 25.7. The fourth-order valence-corrected chi connectivity index (χ4v) is 3.08. The van der Waals surface area contributed by atoms with Crippen LogP contribution in [0, 0.1) is 6.92 Å². The van der Waals surface area contributed by atoms with Crippen LogP contribution in [0.3, 0.4) is 0 Å². The highest BCUT2D eigenvalue weighted by Gasteiger charge is 2.22. The van der Waals surface area contributed by atoms with Gasteiger partial charge in [0.25, 0.3) is 5.91 Å². The van der Waals surface area contributed by atoms with E-state index in [4.69, 9.17) is 0 Å². The third-order valence-electron chi connectivity index (χ3n) is 4.57. The molecule has 5 nitrogen and oxygen atoms in total. The summed E-state index contributed by atoms with van der Waals surface area (Å²) >= 11 is 0. The molecule has 0 saturated heterocycles. The summed E-state index contributed by atoms with van der Waals surface area (Å²) in [7, 11) is 1.75. The van der Waals surface area contributed by atoms with Gasteiger partial charge in [-0.15, -0.1) is 0 Å². The maximum Gasteiger partial charge on any atom is 0.251 e. The monoisotopic (exact) mass is 338 g/mol. The molecular formula is C20H22N2O3. The van der Waals surface area contributed by atoms with Gasteiger partial charge in [0.2, 0.25) is 5.91 Å². The van der Waals surface area contributed by atoms with Gasteiger partial charge in [-0.1, -0.05) is 29.8 Å². The van der Waals surface area contributed by atoms with E-state index in [9.17, 15) is 14.7 Å². The lowest BCUT2D eigenvalue weighted by Gasteiger charge is -2.26. The zero-order valence-corrected chi connectivity index (χ0v) is 14.5. The number of aliphatic hydroxyl groups excluding tert-OH is 1. The molecule has 1 aliphatic rings. The largest absolute Gasteiger partial charge is 0.387 e. The maximum atomic E-state index is 12.4. The van der Waals surface area contributed by atoms with Crippen LogP contribution in [0.5, 0.6) is 0 Å². The average Bonchev–Trinajstić information content (AvgIpc) is 2.62. The van der Waals surface area contributed by atoms with Gasteiger partial charge >= 0.3 is 0 Å². The third-order valence-corrected chi connectivity index (χ3v) is 4.57. The first kappa shape index (κ1) is 17.2. The molecule has 2 aromatic carbocycles. The molecule has 0 fully saturated rings. The van der Waals surface area contributed by atoms with Gasteiger partial charge in [-0.3, -0.25) is 9.59 Å². The van der Waals surface area contributed by atoms with E-state index in [0.717, 1.165) is 22.4 Å². The lowest BCUT2D eigenvalue weighted by molar-refractivity contribution is -0.118. The van der Waals surface area contributed by atoms with Crippen LogP contribution in [0.25, 0.3) is 0 Å². The summed E-state index contributed by atoms with van der Waals surface area (Å²) in [6.07, 6.45) is 0.358. The molecule has 0 aliphatic carbocycles. The second kappa shape index (κ2) is 7.07. The highest BCUT2D eigenvalue weighted by Crippen LogP contribution is 2.27. The predicted octanol–water partition coefficient (Wildman–Crippen LogP) is 2.37. The van der Waals surface area contributed by atoms with Crippen molar-refractivity contribution in [2.24, 2.45) is 0 Å². The Hall–Kier alpha value is -2.66. The van der Waals surface area contributed by atoms with E-state index in [-0.39, 0.29) is 18.4 Å². The van der Waals surface area contributed by atoms with Crippen LogP contribution in [-0.2, 0) is 11.2 Å². The van der Waals surface area contributed by atoms with E-state index in [0.29, 0.717) is 18.4 Å². The van der Waals surface area contributed by atoms with Crippen molar-refractivity contribution in [2.75, 3.05) is 18.5 Å². The zero-order valence-electron chi connectivity index (χ0n) is 14.5. The van der Waals surface area contributed by atoms with Gasteiger partial charge in [0.15, 0.2) is 0 Å². The molecule has 0 saturated carbocycles. The van der Waals surface area contributed by atoms with Crippen LogP contribution in [0.1, 0.15) is 39.6 Å². The number of nitrogens with zero attached hydrogens (tertiary/aromatic N) is 1. The predicted molar refractivity (Wildman–Crippen MR) is 96.6 cm³/mol. The van der Waals surface area contributed by atoms with Crippen molar-refractivity contribution < 1.29 is 14.7 Å². The normalized spacial score (nSPS) is 14.8. The van der Waals surface area contributed by atoms with E-state index in [1.54, 1.807) is 24.1 Å². The van der Waals surface area contributed by atoms with Crippen LogP contribution in [0.15, 0.2) is 42.5 Å². The van der Waals surface area contributed by atoms with Crippen molar-refractivity contribution in [3.63, 3.8) is 0 Å². The van der Waals surface area contributed by atoms with Crippen LogP contribution >= 0.6 is 0 Å². The smallest absolute Gasteiger partial charge is 0.251 e. The van der Waals surface area contributed by atoms with E-state index in [1.807, 2.05) is 37.3 Å². The van der Waals surface area contributed by atoms with Gasteiger partial charge in [0.05, 0.1) is 6.10 Å². The fourth-order valence-electron chi connectivity index (χ4n) is 3.08. The minimum atomic E-state index is -0.745. The van der Waals surface area contributed by atoms with Crippen LogP contribution in [0.2, 0.25) is 0 Å². The summed E-state index contributed by atoms with van der Waals surface area (Å²) < 4.78 is 0. The minimum Gasteiger partial charge on any atom is -0.387 e. The molecule has 1 unspecified atom stereocenters. The molecule has 3 rings (SSSR count). The Morgan fingerprint density at radius 3 is 2.80 bits per heavy atom. The van der Waals surface area contributed by atoms with Crippen molar-refractivity contribution in [2.45, 2.75) is 25.9 Å². The van der Waals surface area contributed by atoms with Crippen molar-refractivity contribution in [3.05, 3.63) is 64.7 Å². The van der Waals surface area contributed by atoms with Gasteiger partial charge in [-0.25, -0.2) is 0 Å². The molecule has 130 valence electrons. The number of carbonyl (C=O) groups is 2. The molecule has 0 spiro atoms. The molecule has 0 aromatic heterocycles. The molecule has 0 radical (unpaired) electrons. The number of hydrogen-bond acceptors (Lipinski definition) is 3. The first-order valence-corrected chi connectivity index (χ1v) is 8.38. The SMILES string of the molecule is Cc1cccc(C(O)CNC(=O)c2ccc3c(c2)CCC(=O)N3C)c1. The summed E-state index contributed by atoms with van der Waals surface area (Å²) in [5, 5.41) is 13.0. The van der Waals surface area contributed by atoms with Crippen LogP contribution in [0.4, 0.5) is 5.69 Å². The molecule has 5 heteroatoms. The minimum absolute atomic E-state index is 0.0889. The van der Waals surface area contributed by atoms with Crippen molar-refractivity contribution >= 4 is 17.5 Å². The molecular weight excluding hydrogens is 316 g/mol. The molecule has 2 aromatic rings. The highest BCUT2D eigenvalue weighted by molar-refractivity contribution is 5.98. The molecule has 2 amide bonds. The first-order valence-electron chi connectivity index (χ1n) is 8.38. The summed E-state index contributed by atoms with van der Waals surface area (Å²) in [6.45, 7) is 2.11. The van der Waals surface area contributed by atoms with Crippen LogP contribution < -0.4 is 10.2 Å². The second-order valence-electron chi connectivity index (χ2n) is 6.44.